The quantitative estimate of drug-likeness (QED) is 0.531. The van der Waals surface area contributed by atoms with Gasteiger partial charge in [-0.15, -0.1) is 0 Å². The smallest absolute Gasteiger partial charge is 0.131 e. The molecule has 3 heterocycles. The summed E-state index contributed by atoms with van der Waals surface area (Å²) < 4.78 is 20.1. The molecule has 5 rings (SSSR count). The van der Waals surface area contributed by atoms with E-state index in [2.05, 4.69) is 62.6 Å². The van der Waals surface area contributed by atoms with E-state index in [9.17, 15) is 4.39 Å². The number of likely N-dealkylation sites (N-methyl/N-ethyl adjacent to an activating group) is 1. The van der Waals surface area contributed by atoms with E-state index >= 15 is 0 Å². The summed E-state index contributed by atoms with van der Waals surface area (Å²) in [6.45, 7) is 5.94. The lowest BCUT2D eigenvalue weighted by molar-refractivity contribution is 0.241. The van der Waals surface area contributed by atoms with Gasteiger partial charge in [0.1, 0.15) is 11.6 Å². The standard InChI is InChI=1S/C25H35FN6O/c1-31-10-12-32(13-11-31)18-8-6-17(7-9-18)15-28-25-19-14-21(27-16-22(19)29-30-25)24-20(26)4-3-5-23(24)33-2/h3-9,19,21-22,25,27-30H,10-16H2,1-2H3. The molecule has 3 aliphatic heterocycles. The molecule has 2 aromatic rings. The lowest BCUT2D eigenvalue weighted by Crippen LogP contribution is -2.48. The predicted octanol–water partition coefficient (Wildman–Crippen LogP) is 1.83. The maximum absolute atomic E-state index is 14.6. The Bertz CT molecular complexity index is 933. The lowest BCUT2D eigenvalue weighted by Gasteiger charge is -2.35. The van der Waals surface area contributed by atoms with Crippen LogP contribution in [0.4, 0.5) is 10.1 Å². The van der Waals surface area contributed by atoms with Crippen LogP contribution in [0.5, 0.6) is 5.75 Å². The number of anilines is 1. The molecule has 4 atom stereocenters. The number of halogens is 1. The van der Waals surface area contributed by atoms with Crippen LogP contribution in [0.3, 0.4) is 0 Å². The summed E-state index contributed by atoms with van der Waals surface area (Å²) in [4.78, 5) is 4.83. The second-order valence-electron chi connectivity index (χ2n) is 9.43. The van der Waals surface area contributed by atoms with E-state index in [0.29, 0.717) is 23.3 Å². The van der Waals surface area contributed by atoms with Crippen molar-refractivity contribution in [2.45, 2.75) is 31.2 Å². The fourth-order valence-corrected chi connectivity index (χ4v) is 5.34. The van der Waals surface area contributed by atoms with E-state index in [1.165, 1.54) is 17.3 Å². The number of benzene rings is 2. The second-order valence-corrected chi connectivity index (χ2v) is 9.43. The maximum atomic E-state index is 14.6. The van der Waals surface area contributed by atoms with E-state index in [0.717, 1.165) is 45.7 Å². The van der Waals surface area contributed by atoms with Crippen LogP contribution < -0.4 is 31.1 Å². The summed E-state index contributed by atoms with van der Waals surface area (Å²) in [5, 5.41) is 7.17. The summed E-state index contributed by atoms with van der Waals surface area (Å²) in [7, 11) is 3.78. The molecule has 4 unspecified atom stereocenters. The Balaban J connectivity index is 1.20. The second kappa shape index (κ2) is 9.95. The minimum absolute atomic E-state index is 0.0729. The highest BCUT2D eigenvalue weighted by atomic mass is 19.1. The topological polar surface area (TPSA) is 63.8 Å². The summed E-state index contributed by atoms with van der Waals surface area (Å²) in [6.07, 6.45) is 0.941. The number of nitrogens with one attached hydrogen (secondary N) is 4. The first-order valence-corrected chi connectivity index (χ1v) is 11.9. The molecule has 7 nitrogen and oxygen atoms in total. The van der Waals surface area contributed by atoms with Gasteiger partial charge in [-0.1, -0.05) is 18.2 Å². The number of hydrogen-bond donors (Lipinski definition) is 4. The van der Waals surface area contributed by atoms with Crippen molar-refractivity contribution in [1.29, 1.82) is 0 Å². The zero-order valence-electron chi connectivity index (χ0n) is 19.5. The molecule has 4 N–H and O–H groups in total. The minimum Gasteiger partial charge on any atom is -0.496 e. The monoisotopic (exact) mass is 454 g/mol. The van der Waals surface area contributed by atoms with Crippen molar-refractivity contribution >= 4 is 5.69 Å². The van der Waals surface area contributed by atoms with Gasteiger partial charge in [-0.3, -0.25) is 10.7 Å². The number of hydrazine groups is 1. The van der Waals surface area contributed by atoms with Crippen LogP contribution in [0.25, 0.3) is 0 Å². The fraction of sp³-hybridized carbons (Fsp3) is 0.520. The number of fused-ring (bicyclic) bond motifs is 1. The van der Waals surface area contributed by atoms with Crippen molar-refractivity contribution in [3.05, 3.63) is 59.4 Å². The molecule has 3 saturated heterocycles. The Hall–Kier alpha value is -2.23. The van der Waals surface area contributed by atoms with Crippen molar-refractivity contribution < 1.29 is 9.13 Å². The summed E-state index contributed by atoms with van der Waals surface area (Å²) in [5.41, 5.74) is 10.0. The zero-order valence-corrected chi connectivity index (χ0v) is 19.5. The van der Waals surface area contributed by atoms with Gasteiger partial charge in [-0.25, -0.2) is 9.82 Å². The SMILES string of the molecule is COc1cccc(F)c1C1CC2C(CN1)NNC2NCc1ccc(N2CCN(C)CC2)cc1. The molecule has 0 aliphatic carbocycles. The van der Waals surface area contributed by atoms with Gasteiger partial charge in [0.15, 0.2) is 0 Å². The van der Waals surface area contributed by atoms with Crippen molar-refractivity contribution in [3.63, 3.8) is 0 Å². The molecule has 0 radical (unpaired) electrons. The van der Waals surface area contributed by atoms with E-state index in [1.807, 2.05) is 6.07 Å². The predicted molar refractivity (Wildman–Crippen MR) is 129 cm³/mol. The third-order valence-corrected chi connectivity index (χ3v) is 7.37. The number of ether oxygens (including phenoxy) is 1. The van der Waals surface area contributed by atoms with Gasteiger partial charge in [0.25, 0.3) is 0 Å². The third-order valence-electron chi connectivity index (χ3n) is 7.37. The number of hydrogen-bond acceptors (Lipinski definition) is 7. The molecular formula is C25H35FN6O. The zero-order chi connectivity index (χ0) is 22.8. The summed E-state index contributed by atoms with van der Waals surface area (Å²) in [5.74, 6) is 0.731. The molecular weight excluding hydrogens is 419 g/mol. The highest BCUT2D eigenvalue weighted by Gasteiger charge is 2.41. The highest BCUT2D eigenvalue weighted by molar-refractivity contribution is 5.48. The minimum atomic E-state index is -0.214. The highest BCUT2D eigenvalue weighted by Crippen LogP contribution is 2.36. The molecule has 0 saturated carbocycles. The number of piperidine rings is 1. The summed E-state index contributed by atoms with van der Waals surface area (Å²) >= 11 is 0. The third kappa shape index (κ3) is 4.85. The van der Waals surface area contributed by atoms with Crippen LogP contribution >= 0.6 is 0 Å². The van der Waals surface area contributed by atoms with Crippen LogP contribution in [0.15, 0.2) is 42.5 Å². The van der Waals surface area contributed by atoms with Gasteiger partial charge in [-0.05, 0) is 43.3 Å². The van der Waals surface area contributed by atoms with Crippen LogP contribution in [0.2, 0.25) is 0 Å². The molecule has 0 spiro atoms. The van der Waals surface area contributed by atoms with Crippen molar-refractivity contribution in [1.82, 2.24) is 26.4 Å². The van der Waals surface area contributed by atoms with Gasteiger partial charge in [0.2, 0.25) is 0 Å². The molecule has 8 heteroatoms. The first-order chi connectivity index (χ1) is 16.1. The Morgan fingerprint density at radius 3 is 2.61 bits per heavy atom. The van der Waals surface area contributed by atoms with Gasteiger partial charge >= 0.3 is 0 Å². The first kappa shape index (κ1) is 22.6. The number of nitrogens with zero attached hydrogens (tertiary/aromatic N) is 2. The molecule has 3 fully saturated rings. The van der Waals surface area contributed by atoms with Crippen LogP contribution in [-0.4, -0.2) is 64.0 Å². The average Bonchev–Trinajstić information content (AvgIpc) is 3.25. The van der Waals surface area contributed by atoms with Crippen LogP contribution in [0, 0.1) is 11.7 Å². The van der Waals surface area contributed by atoms with Crippen molar-refractivity contribution in [2.75, 3.05) is 51.8 Å². The van der Waals surface area contributed by atoms with E-state index in [-0.39, 0.29) is 18.0 Å². The number of methoxy groups -OCH3 is 1. The molecule has 3 aliphatic rings. The Morgan fingerprint density at radius 1 is 1.06 bits per heavy atom. The van der Waals surface area contributed by atoms with E-state index in [4.69, 9.17) is 4.74 Å². The summed E-state index contributed by atoms with van der Waals surface area (Å²) in [6, 6.07) is 14.2. The molecule has 0 bridgehead atoms. The Morgan fingerprint density at radius 2 is 1.85 bits per heavy atom. The van der Waals surface area contributed by atoms with E-state index < -0.39 is 0 Å². The van der Waals surface area contributed by atoms with Crippen LogP contribution in [0.1, 0.15) is 23.6 Å². The fourth-order valence-electron chi connectivity index (χ4n) is 5.34. The number of piperazine rings is 1. The van der Waals surface area contributed by atoms with Crippen LogP contribution in [-0.2, 0) is 6.54 Å². The van der Waals surface area contributed by atoms with Crippen molar-refractivity contribution in [2.24, 2.45) is 5.92 Å². The lowest BCUT2D eigenvalue weighted by atomic mass is 9.84. The molecule has 33 heavy (non-hydrogen) atoms. The molecule has 2 aromatic carbocycles. The van der Waals surface area contributed by atoms with Gasteiger partial charge in [0.05, 0.1) is 13.3 Å². The molecule has 0 aromatic heterocycles. The molecule has 0 amide bonds. The first-order valence-electron chi connectivity index (χ1n) is 11.9. The Labute approximate surface area is 195 Å². The van der Waals surface area contributed by atoms with E-state index in [1.54, 1.807) is 13.2 Å². The molecule has 178 valence electrons. The normalized spacial score (nSPS) is 28.0. The van der Waals surface area contributed by atoms with Gasteiger partial charge < -0.3 is 19.9 Å². The largest absolute Gasteiger partial charge is 0.496 e. The average molecular weight is 455 g/mol. The van der Waals surface area contributed by atoms with Crippen molar-refractivity contribution in [3.8, 4) is 5.75 Å². The maximum Gasteiger partial charge on any atom is 0.131 e. The Kier molecular flexibility index (Phi) is 6.80. The van der Waals surface area contributed by atoms with Gasteiger partial charge in [0, 0.05) is 68.5 Å². The number of rotatable bonds is 6. The van der Waals surface area contributed by atoms with Gasteiger partial charge in [-0.2, -0.15) is 0 Å².